The molecule has 0 atom stereocenters. The summed E-state index contributed by atoms with van der Waals surface area (Å²) in [6, 6.07) is 0. The molecule has 0 saturated carbocycles. The molecule has 0 fully saturated rings. The van der Waals surface area contributed by atoms with Gasteiger partial charge in [0.2, 0.25) is 5.71 Å². The Morgan fingerprint density at radius 3 is 3.00 bits per heavy atom. The summed E-state index contributed by atoms with van der Waals surface area (Å²) in [7, 11) is 0. The average molecular weight is 227 g/mol. The molecule has 0 saturated heterocycles. The standard InChI is InChI=1S/C8H9N3O3S/c1-2-3-14-11-6(7(12)13)5-4-15-8(9)10-5/h2-4H,1H3,(H2,9,10)(H,12,13). The predicted molar refractivity (Wildman–Crippen MR) is 56.6 cm³/mol. The average Bonchev–Trinajstić information content (AvgIpc) is 2.59. The van der Waals surface area contributed by atoms with Gasteiger partial charge in [-0.3, -0.25) is 0 Å². The Kier molecular flexibility index (Phi) is 3.81. The lowest BCUT2D eigenvalue weighted by molar-refractivity contribution is -0.129. The first-order valence-corrected chi connectivity index (χ1v) is 4.82. The fraction of sp³-hybridized carbons (Fsp3) is 0.125. The number of carbonyl (C=O) groups is 1. The van der Waals surface area contributed by atoms with E-state index < -0.39 is 5.97 Å². The number of nitrogen functional groups attached to an aromatic ring is 1. The maximum absolute atomic E-state index is 10.8. The van der Waals surface area contributed by atoms with Crippen molar-refractivity contribution in [1.82, 2.24) is 4.98 Å². The minimum Gasteiger partial charge on any atom is -0.476 e. The molecule has 0 aliphatic carbocycles. The quantitative estimate of drug-likeness (QED) is 0.455. The second-order valence-corrected chi connectivity index (χ2v) is 3.28. The van der Waals surface area contributed by atoms with Crippen LogP contribution in [0.2, 0.25) is 0 Å². The Labute approximate surface area is 89.7 Å². The van der Waals surface area contributed by atoms with Crippen molar-refractivity contribution in [2.24, 2.45) is 5.16 Å². The fourth-order valence-electron chi connectivity index (χ4n) is 0.736. The van der Waals surface area contributed by atoms with E-state index in [-0.39, 0.29) is 16.5 Å². The van der Waals surface area contributed by atoms with Crippen molar-refractivity contribution in [3.05, 3.63) is 23.4 Å². The van der Waals surface area contributed by atoms with Crippen molar-refractivity contribution in [3.8, 4) is 0 Å². The fourth-order valence-corrected chi connectivity index (χ4v) is 1.28. The van der Waals surface area contributed by atoms with E-state index in [1.807, 2.05) is 0 Å². The summed E-state index contributed by atoms with van der Waals surface area (Å²) in [4.78, 5) is 19.2. The SMILES string of the molecule is CC=CON=C(C(=O)O)c1csc(N)n1. The van der Waals surface area contributed by atoms with Crippen LogP contribution < -0.4 is 5.73 Å². The molecule has 0 bridgehead atoms. The van der Waals surface area contributed by atoms with E-state index in [4.69, 9.17) is 10.8 Å². The Morgan fingerprint density at radius 2 is 2.53 bits per heavy atom. The highest BCUT2D eigenvalue weighted by molar-refractivity contribution is 7.13. The zero-order chi connectivity index (χ0) is 11.3. The Morgan fingerprint density at radius 1 is 1.80 bits per heavy atom. The number of aliphatic carboxylic acids is 1. The number of anilines is 1. The van der Waals surface area contributed by atoms with E-state index in [1.165, 1.54) is 11.6 Å². The van der Waals surface area contributed by atoms with Crippen LogP contribution in [0.1, 0.15) is 12.6 Å². The number of carboxylic acids is 1. The lowest BCUT2D eigenvalue weighted by Gasteiger charge is -1.95. The van der Waals surface area contributed by atoms with Gasteiger partial charge in [0.25, 0.3) is 0 Å². The highest BCUT2D eigenvalue weighted by atomic mass is 32.1. The van der Waals surface area contributed by atoms with Crippen molar-refractivity contribution in [2.45, 2.75) is 6.92 Å². The number of allylic oxidation sites excluding steroid dienone is 1. The van der Waals surface area contributed by atoms with Gasteiger partial charge in [0.05, 0.1) is 0 Å². The molecule has 1 heterocycles. The van der Waals surface area contributed by atoms with Crippen LogP contribution in [0.4, 0.5) is 5.13 Å². The van der Waals surface area contributed by atoms with Gasteiger partial charge in [-0.25, -0.2) is 9.78 Å². The first kappa shape index (κ1) is 11.2. The molecule has 0 aliphatic heterocycles. The molecule has 1 aromatic rings. The predicted octanol–water partition coefficient (Wildman–Crippen LogP) is 1.06. The first-order valence-electron chi connectivity index (χ1n) is 3.94. The van der Waals surface area contributed by atoms with E-state index in [0.717, 1.165) is 11.3 Å². The number of carboxylic acid groups (broad SMARTS) is 1. The number of thiazole rings is 1. The second-order valence-electron chi connectivity index (χ2n) is 2.39. The van der Waals surface area contributed by atoms with Crippen LogP contribution in [-0.2, 0) is 9.63 Å². The van der Waals surface area contributed by atoms with Gasteiger partial charge in [0, 0.05) is 5.38 Å². The third-order valence-corrected chi connectivity index (χ3v) is 1.98. The van der Waals surface area contributed by atoms with Gasteiger partial charge in [-0.1, -0.05) is 5.16 Å². The Bertz CT molecular complexity index is 411. The van der Waals surface area contributed by atoms with E-state index in [9.17, 15) is 4.79 Å². The molecule has 1 rings (SSSR count). The molecule has 3 N–H and O–H groups in total. The van der Waals surface area contributed by atoms with Gasteiger partial charge in [-0.2, -0.15) is 0 Å². The summed E-state index contributed by atoms with van der Waals surface area (Å²) in [5.74, 6) is -1.22. The summed E-state index contributed by atoms with van der Waals surface area (Å²) >= 11 is 1.14. The van der Waals surface area contributed by atoms with Crippen LogP contribution in [0, 0.1) is 0 Å². The highest BCUT2D eigenvalue weighted by Crippen LogP contribution is 2.12. The van der Waals surface area contributed by atoms with Crippen molar-refractivity contribution in [1.29, 1.82) is 0 Å². The molecule has 0 unspecified atom stereocenters. The zero-order valence-electron chi connectivity index (χ0n) is 7.88. The van der Waals surface area contributed by atoms with Crippen LogP contribution in [-0.4, -0.2) is 21.8 Å². The topological polar surface area (TPSA) is 97.8 Å². The lowest BCUT2D eigenvalue weighted by atomic mass is 10.3. The Hall–Kier alpha value is -1.89. The number of oxime groups is 1. The molecule has 15 heavy (non-hydrogen) atoms. The molecular weight excluding hydrogens is 218 g/mol. The molecule has 0 radical (unpaired) electrons. The molecule has 0 aliphatic rings. The van der Waals surface area contributed by atoms with Gasteiger partial charge in [0.1, 0.15) is 12.0 Å². The normalized spacial score (nSPS) is 11.9. The van der Waals surface area contributed by atoms with Crippen molar-refractivity contribution in [3.63, 3.8) is 0 Å². The van der Waals surface area contributed by atoms with Gasteiger partial charge < -0.3 is 15.7 Å². The van der Waals surface area contributed by atoms with Crippen LogP contribution in [0.25, 0.3) is 0 Å². The molecule has 7 heteroatoms. The minimum absolute atomic E-state index is 0.189. The monoisotopic (exact) mass is 227 g/mol. The summed E-state index contributed by atoms with van der Waals surface area (Å²) in [6.45, 7) is 1.72. The van der Waals surface area contributed by atoms with Gasteiger partial charge in [-0.15, -0.1) is 11.3 Å². The van der Waals surface area contributed by atoms with E-state index in [2.05, 4.69) is 15.0 Å². The second kappa shape index (κ2) is 5.11. The number of nitrogens with zero attached hydrogens (tertiary/aromatic N) is 2. The maximum Gasteiger partial charge on any atom is 0.360 e. The molecule has 0 spiro atoms. The van der Waals surface area contributed by atoms with Gasteiger partial charge in [-0.05, 0) is 13.0 Å². The lowest BCUT2D eigenvalue weighted by Crippen LogP contribution is -2.15. The minimum atomic E-state index is -1.22. The van der Waals surface area contributed by atoms with Crippen LogP contribution in [0.15, 0.2) is 22.9 Å². The number of aromatic nitrogens is 1. The Balaban J connectivity index is 2.92. The van der Waals surface area contributed by atoms with E-state index in [1.54, 1.807) is 13.0 Å². The third kappa shape index (κ3) is 3.06. The van der Waals surface area contributed by atoms with Crippen molar-refractivity contribution in [2.75, 3.05) is 5.73 Å². The van der Waals surface area contributed by atoms with E-state index >= 15 is 0 Å². The molecule has 1 aromatic heterocycles. The van der Waals surface area contributed by atoms with Gasteiger partial charge >= 0.3 is 5.97 Å². The van der Waals surface area contributed by atoms with Crippen molar-refractivity contribution < 1.29 is 14.7 Å². The summed E-state index contributed by atoms with van der Waals surface area (Å²) in [6.07, 6.45) is 2.84. The molecule has 80 valence electrons. The first-order chi connectivity index (χ1) is 7.15. The molecular formula is C8H9N3O3S. The number of rotatable bonds is 4. The molecule has 0 aromatic carbocycles. The molecule has 0 amide bonds. The summed E-state index contributed by atoms with van der Waals surface area (Å²) in [5.41, 5.74) is 5.29. The van der Waals surface area contributed by atoms with Crippen LogP contribution >= 0.6 is 11.3 Å². The summed E-state index contributed by atoms with van der Waals surface area (Å²) < 4.78 is 0. The number of nitrogens with two attached hydrogens (primary N) is 1. The highest BCUT2D eigenvalue weighted by Gasteiger charge is 2.16. The third-order valence-electron chi connectivity index (χ3n) is 1.31. The maximum atomic E-state index is 10.8. The largest absolute Gasteiger partial charge is 0.476 e. The smallest absolute Gasteiger partial charge is 0.360 e. The van der Waals surface area contributed by atoms with Crippen LogP contribution in [0.3, 0.4) is 0 Å². The molecule has 6 nitrogen and oxygen atoms in total. The van der Waals surface area contributed by atoms with Crippen LogP contribution in [0.5, 0.6) is 0 Å². The zero-order valence-corrected chi connectivity index (χ0v) is 8.69. The number of hydrogen-bond acceptors (Lipinski definition) is 6. The van der Waals surface area contributed by atoms with Gasteiger partial charge in [0.15, 0.2) is 5.13 Å². The summed E-state index contributed by atoms with van der Waals surface area (Å²) in [5, 5.41) is 14.0. The van der Waals surface area contributed by atoms with Crippen molar-refractivity contribution >= 4 is 28.1 Å². The van der Waals surface area contributed by atoms with E-state index in [0.29, 0.717) is 0 Å². The number of hydrogen-bond donors (Lipinski definition) is 2.